The molecule has 22 heavy (non-hydrogen) atoms. The van der Waals surface area contributed by atoms with Crippen LogP contribution in [0.5, 0.6) is 0 Å². The van der Waals surface area contributed by atoms with Gasteiger partial charge in [-0.2, -0.15) is 0 Å². The highest BCUT2D eigenvalue weighted by atomic mass is 15.0. The Morgan fingerprint density at radius 1 is 0.636 bits per heavy atom. The summed E-state index contributed by atoms with van der Waals surface area (Å²) in [6.45, 7) is 0. The Bertz CT molecular complexity index is 1110. The van der Waals surface area contributed by atoms with E-state index in [4.69, 9.17) is 0 Å². The van der Waals surface area contributed by atoms with Crippen LogP contribution >= 0.6 is 0 Å². The van der Waals surface area contributed by atoms with Gasteiger partial charge in [-0.15, -0.1) is 0 Å². The molecule has 2 heterocycles. The van der Waals surface area contributed by atoms with Crippen molar-refractivity contribution in [3.8, 4) is 5.69 Å². The lowest BCUT2D eigenvalue weighted by atomic mass is 10.1. The molecular formula is C20H14N2. The van der Waals surface area contributed by atoms with E-state index in [1.165, 1.54) is 38.4 Å². The number of hydrogen-bond donors (Lipinski definition) is 1. The van der Waals surface area contributed by atoms with Gasteiger partial charge in [0.05, 0.1) is 11.0 Å². The van der Waals surface area contributed by atoms with Gasteiger partial charge in [-0.1, -0.05) is 36.4 Å². The first-order valence-corrected chi connectivity index (χ1v) is 7.48. The van der Waals surface area contributed by atoms with E-state index in [0.717, 1.165) is 0 Å². The molecule has 5 aromatic rings. The number of para-hydroxylation sites is 2. The number of nitrogens with one attached hydrogen (secondary N) is 1. The molecule has 0 spiro atoms. The predicted molar refractivity (Wildman–Crippen MR) is 92.6 cm³/mol. The molecule has 1 N–H and O–H groups in total. The minimum Gasteiger partial charge on any atom is -0.361 e. The molecular weight excluding hydrogens is 268 g/mol. The molecule has 5 rings (SSSR count). The highest BCUT2D eigenvalue weighted by Gasteiger charge is 2.14. The summed E-state index contributed by atoms with van der Waals surface area (Å²) in [6.07, 6.45) is 2.01. The number of H-pyrrole nitrogens is 1. The van der Waals surface area contributed by atoms with E-state index >= 15 is 0 Å². The Balaban J connectivity index is 2.08. The van der Waals surface area contributed by atoms with Crippen LogP contribution < -0.4 is 0 Å². The third kappa shape index (κ3) is 1.44. The number of aromatic nitrogens is 2. The van der Waals surface area contributed by atoms with Crippen LogP contribution in [0.25, 0.3) is 38.4 Å². The fraction of sp³-hybridized carbons (Fsp3) is 0. The lowest BCUT2D eigenvalue weighted by Crippen LogP contribution is -1.92. The first-order valence-electron chi connectivity index (χ1n) is 7.48. The van der Waals surface area contributed by atoms with Crippen LogP contribution in [0.1, 0.15) is 0 Å². The van der Waals surface area contributed by atoms with E-state index in [-0.39, 0.29) is 0 Å². The number of fused-ring (bicyclic) bond motifs is 5. The summed E-state index contributed by atoms with van der Waals surface area (Å²) in [5.41, 5.74) is 4.88. The van der Waals surface area contributed by atoms with E-state index in [2.05, 4.69) is 82.3 Å². The fourth-order valence-corrected chi connectivity index (χ4v) is 3.46. The van der Waals surface area contributed by atoms with Crippen molar-refractivity contribution in [3.63, 3.8) is 0 Å². The first-order chi connectivity index (χ1) is 10.9. The third-order valence-corrected chi connectivity index (χ3v) is 4.38. The molecule has 0 radical (unpaired) electrons. The van der Waals surface area contributed by atoms with Gasteiger partial charge < -0.3 is 9.55 Å². The summed E-state index contributed by atoms with van der Waals surface area (Å²) >= 11 is 0. The normalized spacial score (nSPS) is 11.6. The molecule has 0 aliphatic carbocycles. The summed E-state index contributed by atoms with van der Waals surface area (Å²) in [4.78, 5) is 3.32. The van der Waals surface area contributed by atoms with Crippen molar-refractivity contribution >= 4 is 32.7 Å². The maximum Gasteiger partial charge on any atom is 0.0548 e. The second kappa shape index (κ2) is 4.25. The zero-order chi connectivity index (χ0) is 14.5. The van der Waals surface area contributed by atoms with Crippen molar-refractivity contribution in [2.24, 2.45) is 0 Å². The van der Waals surface area contributed by atoms with Gasteiger partial charge in [-0.25, -0.2) is 0 Å². The molecule has 104 valence electrons. The second-order valence-corrected chi connectivity index (χ2v) is 5.59. The Labute approximate surface area is 127 Å². The number of benzene rings is 3. The Morgan fingerprint density at radius 2 is 1.45 bits per heavy atom. The molecule has 0 saturated heterocycles. The molecule has 2 aromatic heterocycles. The SMILES string of the molecule is c1ccc(-n2c3ccccc3c3c4cc[nH]c4ccc32)cc1. The second-order valence-electron chi connectivity index (χ2n) is 5.59. The van der Waals surface area contributed by atoms with Crippen molar-refractivity contribution in [2.45, 2.75) is 0 Å². The van der Waals surface area contributed by atoms with Gasteiger partial charge >= 0.3 is 0 Å². The van der Waals surface area contributed by atoms with Crippen LogP contribution in [0, 0.1) is 0 Å². The van der Waals surface area contributed by atoms with Gasteiger partial charge in [0.2, 0.25) is 0 Å². The topological polar surface area (TPSA) is 20.7 Å². The number of rotatable bonds is 1. The lowest BCUT2D eigenvalue weighted by molar-refractivity contribution is 1.18. The summed E-state index contributed by atoms with van der Waals surface area (Å²) in [5.74, 6) is 0. The molecule has 0 unspecified atom stereocenters. The molecule has 3 aromatic carbocycles. The lowest BCUT2D eigenvalue weighted by Gasteiger charge is -2.07. The van der Waals surface area contributed by atoms with E-state index in [1.807, 2.05) is 6.20 Å². The smallest absolute Gasteiger partial charge is 0.0548 e. The Kier molecular flexibility index (Phi) is 2.25. The van der Waals surface area contributed by atoms with Crippen LogP contribution in [0.15, 0.2) is 79.0 Å². The molecule has 0 aliphatic heterocycles. The molecule has 2 nitrogen and oxygen atoms in total. The van der Waals surface area contributed by atoms with Crippen molar-refractivity contribution in [1.82, 2.24) is 9.55 Å². The molecule has 0 saturated carbocycles. The summed E-state index contributed by atoms with van der Waals surface area (Å²) in [6, 6.07) is 25.7. The average Bonchev–Trinajstić information content (AvgIpc) is 3.17. The molecule has 0 atom stereocenters. The zero-order valence-electron chi connectivity index (χ0n) is 12.0. The zero-order valence-corrected chi connectivity index (χ0v) is 12.0. The monoisotopic (exact) mass is 282 g/mol. The molecule has 0 aliphatic rings. The summed E-state index contributed by atoms with van der Waals surface area (Å²) in [5, 5.41) is 3.90. The van der Waals surface area contributed by atoms with Gasteiger partial charge in [0.1, 0.15) is 0 Å². The van der Waals surface area contributed by atoms with Crippen LogP contribution in [0.3, 0.4) is 0 Å². The van der Waals surface area contributed by atoms with Gasteiger partial charge in [-0.05, 0) is 36.4 Å². The van der Waals surface area contributed by atoms with Gasteiger partial charge in [-0.3, -0.25) is 0 Å². The average molecular weight is 282 g/mol. The van der Waals surface area contributed by atoms with Gasteiger partial charge in [0.25, 0.3) is 0 Å². The highest BCUT2D eigenvalue weighted by Crippen LogP contribution is 2.36. The molecule has 0 bridgehead atoms. The number of nitrogens with zero attached hydrogens (tertiary/aromatic N) is 1. The molecule has 0 fully saturated rings. The van der Waals surface area contributed by atoms with Gasteiger partial charge in [0, 0.05) is 33.6 Å². The first kappa shape index (κ1) is 11.6. The van der Waals surface area contributed by atoms with E-state index in [1.54, 1.807) is 0 Å². The van der Waals surface area contributed by atoms with Crippen LogP contribution in [-0.4, -0.2) is 9.55 Å². The summed E-state index contributed by atoms with van der Waals surface area (Å²) in [7, 11) is 0. The van der Waals surface area contributed by atoms with E-state index < -0.39 is 0 Å². The van der Waals surface area contributed by atoms with Crippen LogP contribution in [-0.2, 0) is 0 Å². The highest BCUT2D eigenvalue weighted by molar-refractivity contribution is 6.20. The van der Waals surface area contributed by atoms with Crippen molar-refractivity contribution in [2.75, 3.05) is 0 Å². The number of aromatic amines is 1. The van der Waals surface area contributed by atoms with Crippen molar-refractivity contribution in [3.05, 3.63) is 79.0 Å². The van der Waals surface area contributed by atoms with Crippen molar-refractivity contribution in [1.29, 1.82) is 0 Å². The van der Waals surface area contributed by atoms with Crippen molar-refractivity contribution < 1.29 is 0 Å². The maximum atomic E-state index is 3.32. The largest absolute Gasteiger partial charge is 0.361 e. The third-order valence-electron chi connectivity index (χ3n) is 4.38. The maximum absolute atomic E-state index is 3.32. The van der Waals surface area contributed by atoms with E-state index in [0.29, 0.717) is 0 Å². The van der Waals surface area contributed by atoms with Gasteiger partial charge in [0.15, 0.2) is 0 Å². The van der Waals surface area contributed by atoms with Crippen LogP contribution in [0.4, 0.5) is 0 Å². The minimum atomic E-state index is 1.18. The van der Waals surface area contributed by atoms with Crippen LogP contribution in [0.2, 0.25) is 0 Å². The Morgan fingerprint density at radius 3 is 2.36 bits per heavy atom. The fourth-order valence-electron chi connectivity index (χ4n) is 3.46. The molecule has 2 heteroatoms. The standard InChI is InChI=1S/C20H14N2/c1-2-6-14(7-3-1)22-18-9-5-4-8-16(18)20-15-12-13-21-17(15)10-11-19(20)22/h1-13,21H. The summed E-state index contributed by atoms with van der Waals surface area (Å²) < 4.78 is 2.34. The van der Waals surface area contributed by atoms with E-state index in [9.17, 15) is 0 Å². The number of hydrogen-bond acceptors (Lipinski definition) is 0. The molecule has 0 amide bonds. The Hall–Kier alpha value is -3.00. The predicted octanol–water partition coefficient (Wildman–Crippen LogP) is 5.27. The quantitative estimate of drug-likeness (QED) is 0.432. The minimum absolute atomic E-state index is 1.18.